The van der Waals surface area contributed by atoms with E-state index in [0.29, 0.717) is 12.2 Å². The van der Waals surface area contributed by atoms with Crippen molar-refractivity contribution in [1.29, 1.82) is 0 Å². The molecule has 0 saturated heterocycles. The number of carbonyl (C=O) groups is 1. The Morgan fingerprint density at radius 3 is 2.54 bits per heavy atom. The highest BCUT2D eigenvalue weighted by atomic mass is 32.2. The molecular formula is C19H25N3O3S. The predicted molar refractivity (Wildman–Crippen MR) is 104 cm³/mol. The first-order chi connectivity index (χ1) is 12.2. The summed E-state index contributed by atoms with van der Waals surface area (Å²) < 4.78 is 25.1. The van der Waals surface area contributed by atoms with E-state index in [-0.39, 0.29) is 18.5 Å². The third kappa shape index (κ3) is 6.50. The van der Waals surface area contributed by atoms with Crippen LogP contribution in [-0.2, 0) is 21.4 Å². The Kier molecular flexibility index (Phi) is 6.76. The minimum absolute atomic E-state index is 0.0921. The molecule has 6 nitrogen and oxygen atoms in total. The van der Waals surface area contributed by atoms with Crippen LogP contribution >= 0.6 is 0 Å². The molecule has 140 valence electrons. The zero-order valence-electron chi connectivity index (χ0n) is 15.2. The van der Waals surface area contributed by atoms with Crippen molar-refractivity contribution < 1.29 is 13.2 Å². The van der Waals surface area contributed by atoms with E-state index < -0.39 is 10.0 Å². The van der Waals surface area contributed by atoms with Gasteiger partial charge in [-0.2, -0.15) is 0 Å². The smallest absolute Gasteiger partial charge is 0.234 e. The standard InChI is InChI=1S/C19H25N3O3S/c1-14-7-4-5-8-17(14)12-21-19(23)13-20-15(2)16-9-6-10-18(11-16)22-26(3,24)25/h4-11,15,20,22H,12-13H2,1-3H3,(H,21,23)/t15-/m0/s1. The summed E-state index contributed by atoms with van der Waals surface area (Å²) in [7, 11) is -3.32. The van der Waals surface area contributed by atoms with Crippen molar-refractivity contribution in [2.24, 2.45) is 0 Å². The normalized spacial score (nSPS) is 12.4. The van der Waals surface area contributed by atoms with E-state index in [9.17, 15) is 13.2 Å². The monoisotopic (exact) mass is 375 g/mol. The summed E-state index contributed by atoms with van der Waals surface area (Å²) in [5, 5.41) is 6.05. The Bertz CT molecular complexity index is 866. The molecule has 3 N–H and O–H groups in total. The maximum absolute atomic E-state index is 12.1. The molecule has 0 aromatic heterocycles. The molecule has 7 heteroatoms. The molecule has 0 fully saturated rings. The second-order valence-corrected chi connectivity index (χ2v) is 8.05. The van der Waals surface area contributed by atoms with Gasteiger partial charge in [0.25, 0.3) is 0 Å². The van der Waals surface area contributed by atoms with Crippen molar-refractivity contribution in [3.63, 3.8) is 0 Å². The Hall–Kier alpha value is -2.38. The lowest BCUT2D eigenvalue weighted by Crippen LogP contribution is -2.34. The molecule has 0 heterocycles. The molecule has 0 saturated carbocycles. The van der Waals surface area contributed by atoms with Crippen LogP contribution in [0.15, 0.2) is 48.5 Å². The molecular weight excluding hydrogens is 350 g/mol. The third-order valence-electron chi connectivity index (χ3n) is 4.00. The maximum Gasteiger partial charge on any atom is 0.234 e. The summed E-state index contributed by atoms with van der Waals surface area (Å²) in [6, 6.07) is 14.9. The minimum atomic E-state index is -3.32. The van der Waals surface area contributed by atoms with Gasteiger partial charge in [-0.3, -0.25) is 9.52 Å². The molecule has 26 heavy (non-hydrogen) atoms. The summed E-state index contributed by atoms with van der Waals surface area (Å²) in [6.07, 6.45) is 1.11. The molecule has 0 unspecified atom stereocenters. The zero-order chi connectivity index (χ0) is 19.2. The molecule has 2 aromatic carbocycles. The highest BCUT2D eigenvalue weighted by molar-refractivity contribution is 7.92. The van der Waals surface area contributed by atoms with Crippen molar-refractivity contribution in [3.05, 3.63) is 65.2 Å². The predicted octanol–water partition coefficient (Wildman–Crippen LogP) is 2.33. The molecule has 0 radical (unpaired) electrons. The molecule has 0 bridgehead atoms. The van der Waals surface area contributed by atoms with E-state index in [1.807, 2.05) is 44.2 Å². The van der Waals surface area contributed by atoms with Gasteiger partial charge in [0.2, 0.25) is 15.9 Å². The van der Waals surface area contributed by atoms with Gasteiger partial charge < -0.3 is 10.6 Å². The van der Waals surface area contributed by atoms with Crippen LogP contribution in [0.2, 0.25) is 0 Å². The SMILES string of the molecule is Cc1ccccc1CNC(=O)CN[C@@H](C)c1cccc(NS(C)(=O)=O)c1. The fourth-order valence-corrected chi connectivity index (χ4v) is 3.07. The lowest BCUT2D eigenvalue weighted by molar-refractivity contribution is -0.120. The molecule has 0 aliphatic rings. The second kappa shape index (κ2) is 8.82. The van der Waals surface area contributed by atoms with Crippen molar-refractivity contribution in [3.8, 4) is 0 Å². The van der Waals surface area contributed by atoms with Crippen molar-refractivity contribution in [1.82, 2.24) is 10.6 Å². The number of hydrogen-bond acceptors (Lipinski definition) is 4. The number of rotatable bonds is 8. The number of aryl methyl sites for hydroxylation is 1. The zero-order valence-corrected chi connectivity index (χ0v) is 16.1. The second-order valence-electron chi connectivity index (χ2n) is 6.31. The van der Waals surface area contributed by atoms with Crippen molar-refractivity contribution >= 4 is 21.6 Å². The summed E-state index contributed by atoms with van der Waals surface area (Å²) in [4.78, 5) is 12.1. The van der Waals surface area contributed by atoms with Gasteiger partial charge in [0, 0.05) is 18.3 Å². The Morgan fingerprint density at radius 2 is 1.85 bits per heavy atom. The van der Waals surface area contributed by atoms with Gasteiger partial charge >= 0.3 is 0 Å². The Morgan fingerprint density at radius 1 is 1.12 bits per heavy atom. The molecule has 1 atom stereocenters. The lowest BCUT2D eigenvalue weighted by Gasteiger charge is -2.16. The highest BCUT2D eigenvalue weighted by Crippen LogP contribution is 2.18. The molecule has 2 aromatic rings. The van der Waals surface area contributed by atoms with Crippen LogP contribution in [0.25, 0.3) is 0 Å². The molecule has 1 amide bonds. The molecule has 0 aliphatic heterocycles. The first-order valence-electron chi connectivity index (χ1n) is 8.37. The average Bonchev–Trinajstić information content (AvgIpc) is 2.57. The van der Waals surface area contributed by atoms with Crippen LogP contribution in [0.3, 0.4) is 0 Å². The molecule has 0 spiro atoms. The summed E-state index contributed by atoms with van der Waals surface area (Å²) in [5.41, 5.74) is 3.63. The van der Waals surface area contributed by atoms with E-state index in [2.05, 4.69) is 15.4 Å². The number of hydrogen-bond donors (Lipinski definition) is 3. The fourth-order valence-electron chi connectivity index (χ4n) is 2.51. The van der Waals surface area contributed by atoms with Crippen LogP contribution < -0.4 is 15.4 Å². The van der Waals surface area contributed by atoms with Gasteiger partial charge in [0.1, 0.15) is 0 Å². The molecule has 2 rings (SSSR count). The van der Waals surface area contributed by atoms with Crippen LogP contribution in [0.1, 0.15) is 29.7 Å². The summed E-state index contributed by atoms with van der Waals surface area (Å²) >= 11 is 0. The van der Waals surface area contributed by atoms with E-state index in [0.717, 1.165) is 22.9 Å². The summed E-state index contributed by atoms with van der Waals surface area (Å²) in [6.45, 7) is 4.61. The molecule has 0 aliphatic carbocycles. The van der Waals surface area contributed by atoms with Crippen LogP contribution in [0.4, 0.5) is 5.69 Å². The van der Waals surface area contributed by atoms with Crippen molar-refractivity contribution in [2.75, 3.05) is 17.5 Å². The quantitative estimate of drug-likeness (QED) is 0.661. The van der Waals surface area contributed by atoms with E-state index in [4.69, 9.17) is 0 Å². The van der Waals surface area contributed by atoms with Gasteiger partial charge in [0.15, 0.2) is 0 Å². The number of anilines is 1. The first-order valence-corrected chi connectivity index (χ1v) is 10.3. The van der Waals surface area contributed by atoms with E-state index in [1.165, 1.54) is 0 Å². The number of sulfonamides is 1. The van der Waals surface area contributed by atoms with Crippen LogP contribution in [0, 0.1) is 6.92 Å². The van der Waals surface area contributed by atoms with Gasteiger partial charge in [-0.05, 0) is 42.7 Å². The van der Waals surface area contributed by atoms with Crippen LogP contribution in [-0.4, -0.2) is 27.1 Å². The number of carbonyl (C=O) groups excluding carboxylic acids is 1. The van der Waals surface area contributed by atoms with Gasteiger partial charge in [0.05, 0.1) is 12.8 Å². The third-order valence-corrected chi connectivity index (χ3v) is 4.60. The maximum atomic E-state index is 12.1. The Labute approximate surface area is 155 Å². The number of amides is 1. The van der Waals surface area contributed by atoms with Crippen LogP contribution in [0.5, 0.6) is 0 Å². The largest absolute Gasteiger partial charge is 0.351 e. The fraction of sp³-hybridized carbons (Fsp3) is 0.316. The minimum Gasteiger partial charge on any atom is -0.351 e. The first kappa shape index (κ1) is 19.9. The number of benzene rings is 2. The van der Waals surface area contributed by atoms with E-state index in [1.54, 1.807) is 18.2 Å². The Balaban J connectivity index is 1.86. The average molecular weight is 375 g/mol. The lowest BCUT2D eigenvalue weighted by atomic mass is 10.1. The summed E-state index contributed by atoms with van der Waals surface area (Å²) in [5.74, 6) is -0.0921. The van der Waals surface area contributed by atoms with Gasteiger partial charge in [-0.1, -0.05) is 36.4 Å². The highest BCUT2D eigenvalue weighted by Gasteiger charge is 2.10. The number of nitrogens with one attached hydrogen (secondary N) is 3. The van der Waals surface area contributed by atoms with Gasteiger partial charge in [-0.25, -0.2) is 8.42 Å². The van der Waals surface area contributed by atoms with E-state index >= 15 is 0 Å². The van der Waals surface area contributed by atoms with Gasteiger partial charge in [-0.15, -0.1) is 0 Å². The topological polar surface area (TPSA) is 87.3 Å². The van der Waals surface area contributed by atoms with Crippen molar-refractivity contribution in [2.45, 2.75) is 26.4 Å².